The molecule has 3 aromatic rings. The van der Waals surface area contributed by atoms with E-state index >= 15 is 0 Å². The normalized spacial score (nSPS) is 10.8. The van der Waals surface area contributed by atoms with Gasteiger partial charge in [-0.25, -0.2) is 9.07 Å². The summed E-state index contributed by atoms with van der Waals surface area (Å²) in [7, 11) is 0. The summed E-state index contributed by atoms with van der Waals surface area (Å²) in [6.45, 7) is 2.76. The van der Waals surface area contributed by atoms with Gasteiger partial charge in [-0.05, 0) is 48.9 Å². The number of carbonyl (C=O) groups is 1. The predicted molar refractivity (Wildman–Crippen MR) is 110 cm³/mol. The quantitative estimate of drug-likeness (QED) is 0.498. The van der Waals surface area contributed by atoms with Crippen LogP contribution >= 0.6 is 11.6 Å². The van der Waals surface area contributed by atoms with Crippen LogP contribution in [0.25, 0.3) is 16.9 Å². The third-order valence-corrected chi connectivity index (χ3v) is 4.80. The lowest BCUT2D eigenvalue weighted by Gasteiger charge is -2.09. The number of aromatic nitrogens is 2. The Hall–Kier alpha value is -2.66. The van der Waals surface area contributed by atoms with Crippen molar-refractivity contribution in [2.45, 2.75) is 32.6 Å². The van der Waals surface area contributed by atoms with Crippen LogP contribution in [0.4, 0.5) is 4.39 Å². The van der Waals surface area contributed by atoms with Gasteiger partial charge in [-0.3, -0.25) is 4.79 Å². The number of benzene rings is 2. The Bertz CT molecular complexity index is 937. The summed E-state index contributed by atoms with van der Waals surface area (Å²) in [4.78, 5) is 12.8. The van der Waals surface area contributed by atoms with Gasteiger partial charge in [0, 0.05) is 12.1 Å². The largest absolute Gasteiger partial charge is 0.351 e. The van der Waals surface area contributed by atoms with Crippen molar-refractivity contribution < 1.29 is 9.18 Å². The highest BCUT2D eigenvalue weighted by molar-refractivity contribution is 6.32. The second kappa shape index (κ2) is 9.51. The second-order valence-corrected chi connectivity index (χ2v) is 7.01. The molecule has 0 aliphatic carbocycles. The summed E-state index contributed by atoms with van der Waals surface area (Å²) in [6.07, 6.45) is 4.32. The van der Waals surface area contributed by atoms with Crippen molar-refractivity contribution in [1.82, 2.24) is 15.1 Å². The monoisotopic (exact) mass is 399 g/mol. The van der Waals surface area contributed by atoms with E-state index in [4.69, 9.17) is 11.6 Å². The molecule has 0 bridgehead atoms. The maximum Gasteiger partial charge on any atom is 0.270 e. The maximum absolute atomic E-state index is 13.3. The molecule has 1 N–H and O–H groups in total. The molecule has 0 aliphatic rings. The second-order valence-electron chi connectivity index (χ2n) is 6.60. The van der Waals surface area contributed by atoms with Gasteiger partial charge in [-0.1, -0.05) is 49.9 Å². The minimum absolute atomic E-state index is 0.211. The number of carbonyl (C=O) groups excluding carboxylic acids is 1. The van der Waals surface area contributed by atoms with Crippen LogP contribution in [0.3, 0.4) is 0 Å². The van der Waals surface area contributed by atoms with Crippen LogP contribution in [-0.4, -0.2) is 22.2 Å². The fourth-order valence-electron chi connectivity index (χ4n) is 2.96. The first-order valence-electron chi connectivity index (χ1n) is 9.49. The van der Waals surface area contributed by atoms with Crippen molar-refractivity contribution in [3.8, 4) is 16.9 Å². The summed E-state index contributed by atoms with van der Waals surface area (Å²) in [5.41, 5.74) is 2.32. The molecule has 0 saturated carbocycles. The fraction of sp³-hybridized carbons (Fsp3) is 0.273. The van der Waals surface area contributed by atoms with Crippen LogP contribution in [0.15, 0.2) is 54.6 Å². The molecule has 3 rings (SSSR count). The minimum atomic E-state index is -0.320. The Labute approximate surface area is 169 Å². The van der Waals surface area contributed by atoms with Gasteiger partial charge < -0.3 is 5.32 Å². The molecule has 146 valence electrons. The number of hydrogen-bond acceptors (Lipinski definition) is 2. The molecule has 0 saturated heterocycles. The van der Waals surface area contributed by atoms with Crippen LogP contribution < -0.4 is 5.32 Å². The van der Waals surface area contributed by atoms with Crippen LogP contribution in [0.2, 0.25) is 5.02 Å². The zero-order valence-electron chi connectivity index (χ0n) is 15.8. The number of rotatable bonds is 8. The lowest BCUT2D eigenvalue weighted by molar-refractivity contribution is 0.0945. The van der Waals surface area contributed by atoms with Gasteiger partial charge in [0.25, 0.3) is 5.91 Å². The van der Waals surface area contributed by atoms with Crippen molar-refractivity contribution in [3.05, 3.63) is 71.1 Å². The molecule has 0 fully saturated rings. The molecule has 6 heteroatoms. The van der Waals surface area contributed by atoms with Gasteiger partial charge in [0.15, 0.2) is 0 Å². The Morgan fingerprint density at radius 1 is 1.11 bits per heavy atom. The fourth-order valence-corrected chi connectivity index (χ4v) is 3.17. The zero-order valence-corrected chi connectivity index (χ0v) is 16.5. The number of nitrogens with one attached hydrogen (secondary N) is 1. The SMILES string of the molecule is CCCCCCNC(=O)c1cc(-c2ccc(F)cc2)nn1-c1ccccc1Cl. The number of halogens is 2. The molecule has 1 heterocycles. The van der Waals surface area contributed by atoms with Gasteiger partial charge >= 0.3 is 0 Å². The van der Waals surface area contributed by atoms with E-state index in [0.29, 0.717) is 28.6 Å². The first-order chi connectivity index (χ1) is 13.6. The molecular weight excluding hydrogens is 377 g/mol. The molecule has 4 nitrogen and oxygen atoms in total. The Morgan fingerprint density at radius 2 is 1.86 bits per heavy atom. The van der Waals surface area contributed by atoms with Crippen molar-refractivity contribution in [2.24, 2.45) is 0 Å². The van der Waals surface area contributed by atoms with E-state index in [9.17, 15) is 9.18 Å². The number of hydrogen-bond donors (Lipinski definition) is 1. The molecule has 0 atom stereocenters. The van der Waals surface area contributed by atoms with Crippen LogP contribution in [0.1, 0.15) is 43.1 Å². The van der Waals surface area contributed by atoms with E-state index in [1.54, 1.807) is 28.9 Å². The summed E-state index contributed by atoms with van der Waals surface area (Å²) in [5.74, 6) is -0.531. The van der Waals surface area contributed by atoms with Crippen molar-refractivity contribution in [3.63, 3.8) is 0 Å². The van der Waals surface area contributed by atoms with E-state index in [1.807, 2.05) is 18.2 Å². The highest BCUT2D eigenvalue weighted by atomic mass is 35.5. The molecule has 2 aromatic carbocycles. The highest BCUT2D eigenvalue weighted by Crippen LogP contribution is 2.25. The van der Waals surface area contributed by atoms with Crippen molar-refractivity contribution >= 4 is 17.5 Å². The predicted octanol–water partition coefficient (Wildman–Crippen LogP) is 5.64. The van der Waals surface area contributed by atoms with E-state index in [1.165, 1.54) is 12.1 Å². The summed E-state index contributed by atoms with van der Waals surface area (Å²) >= 11 is 6.33. The molecule has 1 aromatic heterocycles. The summed E-state index contributed by atoms with van der Waals surface area (Å²) < 4.78 is 14.8. The number of unbranched alkanes of at least 4 members (excludes halogenated alkanes) is 3. The first kappa shape index (κ1) is 20.1. The third-order valence-electron chi connectivity index (χ3n) is 4.48. The number of nitrogens with zero attached hydrogens (tertiary/aromatic N) is 2. The average molecular weight is 400 g/mol. The zero-order chi connectivity index (χ0) is 19.9. The van der Waals surface area contributed by atoms with E-state index in [-0.39, 0.29) is 11.7 Å². The van der Waals surface area contributed by atoms with Crippen LogP contribution in [0, 0.1) is 5.82 Å². The standard InChI is InChI=1S/C22H23ClFN3O/c1-2-3-4-7-14-25-22(28)21-15-19(16-10-12-17(24)13-11-16)26-27(21)20-9-6-5-8-18(20)23/h5-6,8-13,15H,2-4,7,14H2,1H3,(H,25,28). The Balaban J connectivity index is 1.91. The lowest BCUT2D eigenvalue weighted by Crippen LogP contribution is -2.26. The molecule has 0 spiro atoms. The van der Waals surface area contributed by atoms with Gasteiger partial charge in [0.1, 0.15) is 11.5 Å². The molecule has 0 aliphatic heterocycles. The van der Waals surface area contributed by atoms with E-state index in [2.05, 4.69) is 17.3 Å². The summed E-state index contributed by atoms with van der Waals surface area (Å²) in [6, 6.07) is 15.0. The maximum atomic E-state index is 13.3. The lowest BCUT2D eigenvalue weighted by atomic mass is 10.1. The smallest absolute Gasteiger partial charge is 0.270 e. The van der Waals surface area contributed by atoms with Crippen LogP contribution in [0.5, 0.6) is 0 Å². The minimum Gasteiger partial charge on any atom is -0.351 e. The number of amides is 1. The molecule has 28 heavy (non-hydrogen) atoms. The van der Waals surface area contributed by atoms with Crippen LogP contribution in [-0.2, 0) is 0 Å². The molecule has 0 radical (unpaired) electrons. The number of para-hydroxylation sites is 1. The van der Waals surface area contributed by atoms with E-state index < -0.39 is 0 Å². The van der Waals surface area contributed by atoms with Crippen molar-refractivity contribution in [2.75, 3.05) is 6.54 Å². The summed E-state index contributed by atoms with van der Waals surface area (Å²) in [5, 5.41) is 8.02. The molecule has 1 amide bonds. The van der Waals surface area contributed by atoms with E-state index in [0.717, 1.165) is 31.2 Å². The Kier molecular flexibility index (Phi) is 6.82. The average Bonchev–Trinajstić information content (AvgIpc) is 3.14. The van der Waals surface area contributed by atoms with Gasteiger partial charge in [-0.15, -0.1) is 0 Å². The van der Waals surface area contributed by atoms with Gasteiger partial charge in [0.2, 0.25) is 0 Å². The molecular formula is C22H23ClFN3O. The van der Waals surface area contributed by atoms with Gasteiger partial charge in [-0.2, -0.15) is 5.10 Å². The topological polar surface area (TPSA) is 46.9 Å². The third kappa shape index (κ3) is 4.78. The Morgan fingerprint density at radius 3 is 2.57 bits per heavy atom. The van der Waals surface area contributed by atoms with Gasteiger partial charge in [0.05, 0.1) is 16.4 Å². The molecule has 0 unspecified atom stereocenters. The van der Waals surface area contributed by atoms with Crippen molar-refractivity contribution in [1.29, 1.82) is 0 Å². The first-order valence-corrected chi connectivity index (χ1v) is 9.87. The highest BCUT2D eigenvalue weighted by Gasteiger charge is 2.18.